The summed E-state index contributed by atoms with van der Waals surface area (Å²) in [6.07, 6.45) is 1.24. The van der Waals surface area contributed by atoms with Gasteiger partial charge in [-0.3, -0.25) is 14.4 Å². The number of hydrogen-bond donors (Lipinski definition) is 1. The number of carbonyl (C=O) groups excluding carboxylic acids is 3. The van der Waals surface area contributed by atoms with Crippen LogP contribution in [0.15, 0.2) is 0 Å². The Bertz CT molecular complexity index is 318. The van der Waals surface area contributed by atoms with Crippen LogP contribution in [0.1, 0.15) is 33.6 Å². The summed E-state index contributed by atoms with van der Waals surface area (Å²) in [4.78, 5) is 33.0. The molecule has 0 radical (unpaired) electrons. The van der Waals surface area contributed by atoms with Crippen LogP contribution in [-0.2, 0) is 28.6 Å². The summed E-state index contributed by atoms with van der Waals surface area (Å²) >= 11 is 0. The molecule has 1 atom stereocenters. The molecule has 116 valence electrons. The highest BCUT2D eigenvalue weighted by molar-refractivity contribution is 5.71. The standard InChI is InChI=1S/C13H23NO6/c1-4-5-6-14-7-13(17)19-9-12(20-11(3)16)8-18-10(2)15/h12,14H,4-9H2,1-3H3. The van der Waals surface area contributed by atoms with Crippen molar-refractivity contribution in [2.45, 2.75) is 39.7 Å². The van der Waals surface area contributed by atoms with Crippen LogP contribution < -0.4 is 5.32 Å². The summed E-state index contributed by atoms with van der Waals surface area (Å²) in [6, 6.07) is 0. The molecule has 0 amide bonds. The van der Waals surface area contributed by atoms with E-state index in [4.69, 9.17) is 14.2 Å². The van der Waals surface area contributed by atoms with Gasteiger partial charge in [0.15, 0.2) is 6.10 Å². The normalized spacial score (nSPS) is 11.6. The van der Waals surface area contributed by atoms with Crippen LogP contribution in [0.25, 0.3) is 0 Å². The van der Waals surface area contributed by atoms with Crippen LogP contribution in [0.4, 0.5) is 0 Å². The van der Waals surface area contributed by atoms with Gasteiger partial charge in [-0.05, 0) is 13.0 Å². The van der Waals surface area contributed by atoms with E-state index in [0.29, 0.717) is 0 Å². The number of rotatable bonds is 10. The molecule has 0 aliphatic rings. The van der Waals surface area contributed by atoms with Gasteiger partial charge in [0.2, 0.25) is 0 Å². The lowest BCUT2D eigenvalue weighted by atomic mass is 10.3. The molecule has 0 spiro atoms. The van der Waals surface area contributed by atoms with E-state index in [9.17, 15) is 14.4 Å². The maximum atomic E-state index is 11.4. The monoisotopic (exact) mass is 289 g/mol. The zero-order valence-corrected chi connectivity index (χ0v) is 12.3. The van der Waals surface area contributed by atoms with Gasteiger partial charge < -0.3 is 19.5 Å². The van der Waals surface area contributed by atoms with Crippen molar-refractivity contribution in [1.82, 2.24) is 5.32 Å². The number of unbranched alkanes of at least 4 members (excludes halogenated alkanes) is 1. The Morgan fingerprint density at radius 3 is 2.25 bits per heavy atom. The zero-order valence-electron chi connectivity index (χ0n) is 12.3. The molecular weight excluding hydrogens is 266 g/mol. The van der Waals surface area contributed by atoms with Crippen molar-refractivity contribution in [2.75, 3.05) is 26.3 Å². The van der Waals surface area contributed by atoms with Crippen LogP contribution in [0.3, 0.4) is 0 Å². The average molecular weight is 289 g/mol. The molecule has 20 heavy (non-hydrogen) atoms. The van der Waals surface area contributed by atoms with Gasteiger partial charge in [0, 0.05) is 13.8 Å². The van der Waals surface area contributed by atoms with E-state index in [1.54, 1.807) is 0 Å². The molecule has 7 nitrogen and oxygen atoms in total. The average Bonchev–Trinajstić information content (AvgIpc) is 2.37. The lowest BCUT2D eigenvalue weighted by molar-refractivity contribution is -0.164. The molecule has 0 saturated heterocycles. The van der Waals surface area contributed by atoms with Crippen molar-refractivity contribution < 1.29 is 28.6 Å². The molecule has 0 aliphatic heterocycles. The first-order valence-electron chi connectivity index (χ1n) is 6.62. The molecular formula is C13H23NO6. The second-order valence-electron chi connectivity index (χ2n) is 4.25. The van der Waals surface area contributed by atoms with Crippen molar-refractivity contribution >= 4 is 17.9 Å². The molecule has 0 saturated carbocycles. The van der Waals surface area contributed by atoms with Crippen molar-refractivity contribution in [3.05, 3.63) is 0 Å². The highest BCUT2D eigenvalue weighted by atomic mass is 16.6. The number of ether oxygens (including phenoxy) is 3. The van der Waals surface area contributed by atoms with Gasteiger partial charge in [0.05, 0.1) is 6.54 Å². The summed E-state index contributed by atoms with van der Waals surface area (Å²) in [5.41, 5.74) is 0. The topological polar surface area (TPSA) is 90.9 Å². The quantitative estimate of drug-likeness (QED) is 0.354. The molecule has 0 aromatic rings. The lowest BCUT2D eigenvalue weighted by Gasteiger charge is -2.16. The first-order chi connectivity index (χ1) is 9.45. The van der Waals surface area contributed by atoms with Crippen molar-refractivity contribution in [3.63, 3.8) is 0 Å². The van der Waals surface area contributed by atoms with E-state index in [1.165, 1.54) is 13.8 Å². The van der Waals surface area contributed by atoms with Crippen molar-refractivity contribution in [1.29, 1.82) is 0 Å². The van der Waals surface area contributed by atoms with E-state index in [1.807, 2.05) is 0 Å². The molecule has 0 aromatic heterocycles. The Hall–Kier alpha value is -1.63. The van der Waals surface area contributed by atoms with Crippen LogP contribution >= 0.6 is 0 Å². The Kier molecular flexibility index (Phi) is 10.3. The van der Waals surface area contributed by atoms with E-state index in [-0.39, 0.29) is 19.8 Å². The van der Waals surface area contributed by atoms with Gasteiger partial charge in [-0.1, -0.05) is 13.3 Å². The summed E-state index contributed by atoms with van der Waals surface area (Å²) in [7, 11) is 0. The Morgan fingerprint density at radius 1 is 1.05 bits per heavy atom. The maximum absolute atomic E-state index is 11.4. The Labute approximate surface area is 118 Å². The second kappa shape index (κ2) is 11.2. The molecule has 0 heterocycles. The van der Waals surface area contributed by atoms with Gasteiger partial charge >= 0.3 is 17.9 Å². The largest absolute Gasteiger partial charge is 0.462 e. The van der Waals surface area contributed by atoms with Crippen LogP contribution in [0.5, 0.6) is 0 Å². The summed E-state index contributed by atoms with van der Waals surface area (Å²) in [5, 5.41) is 2.93. The minimum atomic E-state index is -0.781. The highest BCUT2D eigenvalue weighted by Crippen LogP contribution is 1.97. The van der Waals surface area contributed by atoms with E-state index in [0.717, 1.165) is 19.4 Å². The number of carbonyl (C=O) groups is 3. The molecule has 0 fully saturated rings. The minimum absolute atomic E-state index is 0.0976. The predicted molar refractivity (Wildman–Crippen MR) is 70.9 cm³/mol. The minimum Gasteiger partial charge on any atom is -0.462 e. The molecule has 0 bridgehead atoms. The maximum Gasteiger partial charge on any atom is 0.320 e. The first kappa shape index (κ1) is 18.4. The number of esters is 3. The van der Waals surface area contributed by atoms with Gasteiger partial charge in [-0.15, -0.1) is 0 Å². The fourth-order valence-corrected chi connectivity index (χ4v) is 1.29. The molecule has 1 N–H and O–H groups in total. The Morgan fingerprint density at radius 2 is 1.70 bits per heavy atom. The molecule has 0 aliphatic carbocycles. The summed E-state index contributed by atoms with van der Waals surface area (Å²) in [5.74, 6) is -1.46. The Balaban J connectivity index is 3.94. The third kappa shape index (κ3) is 11.5. The SMILES string of the molecule is CCCCNCC(=O)OCC(COC(C)=O)OC(C)=O. The number of hydrogen-bond acceptors (Lipinski definition) is 7. The van der Waals surface area contributed by atoms with Gasteiger partial charge in [0.25, 0.3) is 0 Å². The zero-order chi connectivity index (χ0) is 15.4. The highest BCUT2D eigenvalue weighted by Gasteiger charge is 2.16. The van der Waals surface area contributed by atoms with Crippen LogP contribution in [0, 0.1) is 0 Å². The third-order valence-corrected chi connectivity index (χ3v) is 2.21. The smallest absolute Gasteiger partial charge is 0.320 e. The molecule has 1 unspecified atom stereocenters. The third-order valence-electron chi connectivity index (χ3n) is 2.21. The number of nitrogens with one attached hydrogen (secondary N) is 1. The van der Waals surface area contributed by atoms with E-state index < -0.39 is 24.0 Å². The van der Waals surface area contributed by atoms with Crippen LogP contribution in [0.2, 0.25) is 0 Å². The lowest BCUT2D eigenvalue weighted by Crippen LogP contribution is -2.32. The van der Waals surface area contributed by atoms with Gasteiger partial charge in [-0.2, -0.15) is 0 Å². The van der Waals surface area contributed by atoms with Gasteiger partial charge in [-0.25, -0.2) is 0 Å². The van der Waals surface area contributed by atoms with E-state index >= 15 is 0 Å². The van der Waals surface area contributed by atoms with Crippen molar-refractivity contribution in [2.24, 2.45) is 0 Å². The van der Waals surface area contributed by atoms with E-state index in [2.05, 4.69) is 12.2 Å². The summed E-state index contributed by atoms with van der Waals surface area (Å²) in [6.45, 7) is 5.10. The molecule has 0 aromatic carbocycles. The molecule has 7 heteroatoms. The van der Waals surface area contributed by atoms with Crippen LogP contribution in [-0.4, -0.2) is 50.3 Å². The van der Waals surface area contributed by atoms with Crippen molar-refractivity contribution in [3.8, 4) is 0 Å². The second-order valence-corrected chi connectivity index (χ2v) is 4.25. The fourth-order valence-electron chi connectivity index (χ4n) is 1.29. The molecule has 0 rings (SSSR count). The fraction of sp³-hybridized carbons (Fsp3) is 0.769. The predicted octanol–water partition coefficient (Wildman–Crippen LogP) is 0.414. The van der Waals surface area contributed by atoms with Gasteiger partial charge in [0.1, 0.15) is 13.2 Å². The summed E-state index contributed by atoms with van der Waals surface area (Å²) < 4.78 is 14.6. The first-order valence-corrected chi connectivity index (χ1v) is 6.62.